The number of nitrogens with one attached hydrogen (secondary N) is 2. The molecule has 0 saturated carbocycles. The first kappa shape index (κ1) is 27.8. The molecule has 1 amide bonds. The molecule has 204 valence electrons. The summed E-state index contributed by atoms with van der Waals surface area (Å²) < 4.78 is 11.1. The first-order valence-electron chi connectivity index (χ1n) is 13.2. The van der Waals surface area contributed by atoms with Crippen LogP contribution in [0.4, 0.5) is 21.6 Å². The number of hydrogen-bond donors (Lipinski definition) is 3. The smallest absolute Gasteiger partial charge is 0.405 e. The number of aromatic nitrogens is 3. The first-order valence-corrected chi connectivity index (χ1v) is 14.0. The molecule has 38 heavy (non-hydrogen) atoms. The fourth-order valence-electron chi connectivity index (χ4n) is 4.40. The average molecular weight is 539 g/mol. The Balaban J connectivity index is 1.52. The second-order valence-electron chi connectivity index (χ2n) is 10.8. The second-order valence-corrected chi connectivity index (χ2v) is 11.8. The van der Waals surface area contributed by atoms with Gasteiger partial charge in [-0.2, -0.15) is 0 Å². The van der Waals surface area contributed by atoms with E-state index in [4.69, 9.17) is 25.2 Å². The fraction of sp³-hybridized carbons (Fsp3) is 0.500. The summed E-state index contributed by atoms with van der Waals surface area (Å²) in [5, 5.41) is 7.65. The van der Waals surface area contributed by atoms with Crippen LogP contribution in [0.5, 0.6) is 0 Å². The SMILES string of the molecule is CCC(C)c1nc(NCC2CCCO2)sc1-c1ccnc(Nc2ccc(C(OC(N)=O)C(C)(C)C)cc2)n1. The van der Waals surface area contributed by atoms with Gasteiger partial charge in [0, 0.05) is 30.5 Å². The lowest BCUT2D eigenvalue weighted by Gasteiger charge is -2.30. The molecule has 4 rings (SSSR count). The van der Waals surface area contributed by atoms with Gasteiger partial charge in [0.25, 0.3) is 0 Å². The van der Waals surface area contributed by atoms with Crippen LogP contribution in [0.15, 0.2) is 36.5 Å². The second kappa shape index (κ2) is 12.1. The third-order valence-corrected chi connectivity index (χ3v) is 7.67. The summed E-state index contributed by atoms with van der Waals surface area (Å²) in [5.41, 5.74) is 8.56. The zero-order chi connectivity index (χ0) is 27.3. The van der Waals surface area contributed by atoms with Crippen LogP contribution in [0.25, 0.3) is 10.6 Å². The largest absolute Gasteiger partial charge is 0.441 e. The normalized spacial score (nSPS) is 17.1. The quantitative estimate of drug-likeness (QED) is 0.263. The minimum absolute atomic E-state index is 0.247. The van der Waals surface area contributed by atoms with Crippen molar-refractivity contribution in [2.75, 3.05) is 23.8 Å². The Labute approximate surface area is 228 Å². The van der Waals surface area contributed by atoms with Gasteiger partial charge in [-0.3, -0.25) is 0 Å². The molecule has 0 bridgehead atoms. The van der Waals surface area contributed by atoms with Crippen molar-refractivity contribution in [1.82, 2.24) is 15.0 Å². The summed E-state index contributed by atoms with van der Waals surface area (Å²) in [6.45, 7) is 12.0. The van der Waals surface area contributed by atoms with Crippen LogP contribution in [0.3, 0.4) is 0 Å². The molecule has 3 atom stereocenters. The third-order valence-electron chi connectivity index (χ3n) is 6.62. The highest BCUT2D eigenvalue weighted by molar-refractivity contribution is 7.19. The molecule has 3 heterocycles. The molecule has 10 heteroatoms. The van der Waals surface area contributed by atoms with Crippen molar-refractivity contribution >= 4 is 34.2 Å². The van der Waals surface area contributed by atoms with Crippen molar-refractivity contribution in [3.05, 3.63) is 47.8 Å². The Morgan fingerprint density at radius 2 is 2.00 bits per heavy atom. The van der Waals surface area contributed by atoms with Crippen molar-refractivity contribution in [3.63, 3.8) is 0 Å². The first-order chi connectivity index (χ1) is 18.1. The Morgan fingerprint density at radius 3 is 2.63 bits per heavy atom. The molecule has 0 aliphatic carbocycles. The number of amides is 1. The Bertz CT molecular complexity index is 1220. The molecule has 1 fully saturated rings. The number of carbonyl (C=O) groups excluding carboxylic acids is 1. The van der Waals surface area contributed by atoms with E-state index >= 15 is 0 Å². The van der Waals surface area contributed by atoms with E-state index in [1.54, 1.807) is 17.5 Å². The van der Waals surface area contributed by atoms with E-state index in [1.807, 2.05) is 51.1 Å². The predicted molar refractivity (Wildman–Crippen MR) is 152 cm³/mol. The van der Waals surface area contributed by atoms with Crippen LogP contribution >= 0.6 is 11.3 Å². The molecule has 0 spiro atoms. The summed E-state index contributed by atoms with van der Waals surface area (Å²) in [7, 11) is 0. The molecular weight excluding hydrogens is 500 g/mol. The predicted octanol–water partition coefficient (Wildman–Crippen LogP) is 6.63. The van der Waals surface area contributed by atoms with Gasteiger partial charge in [-0.15, -0.1) is 0 Å². The summed E-state index contributed by atoms with van der Waals surface area (Å²) in [6, 6.07) is 9.59. The molecular formula is C28H38N6O3S. The highest BCUT2D eigenvalue weighted by atomic mass is 32.1. The van der Waals surface area contributed by atoms with Gasteiger partial charge in [0.2, 0.25) is 5.95 Å². The van der Waals surface area contributed by atoms with Crippen molar-refractivity contribution in [1.29, 1.82) is 0 Å². The Morgan fingerprint density at radius 1 is 1.24 bits per heavy atom. The van der Waals surface area contributed by atoms with Gasteiger partial charge < -0.3 is 25.8 Å². The zero-order valence-corrected chi connectivity index (χ0v) is 23.6. The molecule has 1 aliphatic rings. The van der Waals surface area contributed by atoms with Crippen molar-refractivity contribution in [3.8, 4) is 10.6 Å². The maximum Gasteiger partial charge on any atom is 0.405 e. The zero-order valence-electron chi connectivity index (χ0n) is 22.8. The van der Waals surface area contributed by atoms with E-state index in [2.05, 4.69) is 29.5 Å². The van der Waals surface area contributed by atoms with Crippen molar-refractivity contribution < 1.29 is 14.3 Å². The number of rotatable bonds is 10. The van der Waals surface area contributed by atoms with Crippen LogP contribution < -0.4 is 16.4 Å². The van der Waals surface area contributed by atoms with Gasteiger partial charge in [-0.05, 0) is 48.9 Å². The number of nitrogens with zero attached hydrogens (tertiary/aromatic N) is 3. The summed E-state index contributed by atoms with van der Waals surface area (Å²) in [6.07, 6.45) is 3.95. The minimum atomic E-state index is -0.789. The maximum absolute atomic E-state index is 11.4. The van der Waals surface area contributed by atoms with Gasteiger partial charge in [0.05, 0.1) is 22.4 Å². The molecule has 4 N–H and O–H groups in total. The number of primary amides is 1. The van der Waals surface area contributed by atoms with Gasteiger partial charge in [0.15, 0.2) is 5.13 Å². The minimum Gasteiger partial charge on any atom is -0.441 e. The summed E-state index contributed by atoms with van der Waals surface area (Å²) in [4.78, 5) is 26.6. The van der Waals surface area contributed by atoms with Gasteiger partial charge in [-0.1, -0.05) is 58.1 Å². The monoisotopic (exact) mass is 538 g/mol. The van der Waals surface area contributed by atoms with Crippen LogP contribution in [-0.2, 0) is 9.47 Å². The number of anilines is 3. The number of benzene rings is 1. The van der Waals surface area contributed by atoms with Crippen LogP contribution in [0.2, 0.25) is 0 Å². The maximum atomic E-state index is 11.4. The summed E-state index contributed by atoms with van der Waals surface area (Å²) in [5.74, 6) is 0.796. The molecule has 1 aromatic carbocycles. The van der Waals surface area contributed by atoms with E-state index in [0.29, 0.717) is 11.9 Å². The van der Waals surface area contributed by atoms with Crippen LogP contribution in [0.1, 0.15) is 77.2 Å². The Kier molecular flexibility index (Phi) is 8.83. The van der Waals surface area contributed by atoms with Crippen molar-refractivity contribution in [2.45, 2.75) is 72.0 Å². The highest BCUT2D eigenvalue weighted by Crippen LogP contribution is 2.38. The van der Waals surface area contributed by atoms with E-state index in [0.717, 1.165) is 65.1 Å². The van der Waals surface area contributed by atoms with Gasteiger partial charge in [0.1, 0.15) is 6.10 Å². The molecule has 3 unspecified atom stereocenters. The van der Waals surface area contributed by atoms with E-state index in [-0.39, 0.29) is 11.5 Å². The van der Waals surface area contributed by atoms with E-state index in [1.165, 1.54) is 0 Å². The molecule has 1 saturated heterocycles. The molecule has 3 aromatic rings. The highest BCUT2D eigenvalue weighted by Gasteiger charge is 2.29. The number of nitrogens with two attached hydrogens (primary N) is 1. The molecule has 0 radical (unpaired) electrons. The van der Waals surface area contributed by atoms with Crippen molar-refractivity contribution in [2.24, 2.45) is 11.1 Å². The van der Waals surface area contributed by atoms with E-state index < -0.39 is 12.2 Å². The molecule has 1 aliphatic heterocycles. The average Bonchev–Trinajstić information content (AvgIpc) is 3.56. The lowest BCUT2D eigenvalue weighted by molar-refractivity contribution is 0.0360. The summed E-state index contributed by atoms with van der Waals surface area (Å²) >= 11 is 1.62. The standard InChI is InChI=1S/C28H38N6O3S/c1-6-17(2)22-23(38-27(34-22)31-16-20-8-7-15-36-20)21-13-14-30-26(33-21)32-19-11-9-18(10-12-19)24(28(3,4)5)37-25(29)35/h9-14,17,20,24H,6-8,15-16H2,1-5H3,(H2,29,35)(H,31,34)(H,30,32,33). The topological polar surface area (TPSA) is 124 Å². The number of carbonyl (C=O) groups is 1. The third kappa shape index (κ3) is 6.99. The molecule has 2 aromatic heterocycles. The number of hydrogen-bond acceptors (Lipinski definition) is 9. The fourth-order valence-corrected chi connectivity index (χ4v) is 5.46. The van der Waals surface area contributed by atoms with Gasteiger partial charge in [-0.25, -0.2) is 19.7 Å². The van der Waals surface area contributed by atoms with Crippen LogP contribution in [0, 0.1) is 5.41 Å². The van der Waals surface area contributed by atoms with Gasteiger partial charge >= 0.3 is 6.09 Å². The van der Waals surface area contributed by atoms with Crippen LogP contribution in [-0.4, -0.2) is 40.3 Å². The lowest BCUT2D eigenvalue weighted by atomic mass is 9.84. The number of thiazole rings is 1. The Hall–Kier alpha value is -3.24. The molecule has 9 nitrogen and oxygen atoms in total. The van der Waals surface area contributed by atoms with E-state index in [9.17, 15) is 4.79 Å². The number of ether oxygens (including phenoxy) is 2. The lowest BCUT2D eigenvalue weighted by Crippen LogP contribution is -2.26.